The first-order chi connectivity index (χ1) is 12.6. The highest BCUT2D eigenvalue weighted by atomic mass is 32.2. The largest absolute Gasteiger partial charge is 0.325 e. The van der Waals surface area contributed by atoms with E-state index in [0.717, 1.165) is 5.69 Å². The molecule has 0 unspecified atom stereocenters. The second-order valence-electron chi connectivity index (χ2n) is 5.57. The minimum absolute atomic E-state index is 0.149. The molecule has 3 aromatic rings. The number of amides is 1. The lowest BCUT2D eigenvalue weighted by Gasteiger charge is -2.08. The first-order valence-electron chi connectivity index (χ1n) is 8.12. The van der Waals surface area contributed by atoms with E-state index in [1.165, 1.54) is 17.8 Å². The Morgan fingerprint density at radius 3 is 2.81 bits per heavy atom. The standard InChI is InChI=1S/C18H18FN5OS/c1-3-24-17(15-6-4-5-9-20-15)22-23-18(24)26-11-16(25)21-13-8-7-12(2)14(19)10-13/h4-10H,3,11H2,1-2H3,(H,21,25). The molecule has 0 radical (unpaired) electrons. The molecule has 2 aromatic heterocycles. The molecule has 0 fully saturated rings. The Bertz CT molecular complexity index is 913. The van der Waals surface area contributed by atoms with Crippen LogP contribution >= 0.6 is 11.8 Å². The van der Waals surface area contributed by atoms with Gasteiger partial charge in [0.25, 0.3) is 0 Å². The molecule has 0 aliphatic heterocycles. The summed E-state index contributed by atoms with van der Waals surface area (Å²) in [5.74, 6) is 0.233. The summed E-state index contributed by atoms with van der Waals surface area (Å²) in [6, 6.07) is 10.2. The van der Waals surface area contributed by atoms with Crippen molar-refractivity contribution in [1.29, 1.82) is 0 Å². The van der Waals surface area contributed by atoms with E-state index < -0.39 is 0 Å². The Balaban J connectivity index is 1.67. The zero-order valence-electron chi connectivity index (χ0n) is 14.4. The maximum absolute atomic E-state index is 13.6. The molecule has 8 heteroatoms. The van der Waals surface area contributed by atoms with E-state index in [1.54, 1.807) is 25.3 Å². The Kier molecular flexibility index (Phi) is 5.62. The van der Waals surface area contributed by atoms with Crippen LogP contribution in [-0.4, -0.2) is 31.4 Å². The van der Waals surface area contributed by atoms with Crippen LogP contribution in [0.25, 0.3) is 11.5 Å². The van der Waals surface area contributed by atoms with E-state index in [-0.39, 0.29) is 17.5 Å². The van der Waals surface area contributed by atoms with Crippen LogP contribution in [0.15, 0.2) is 47.8 Å². The predicted molar refractivity (Wildman–Crippen MR) is 99.4 cm³/mol. The summed E-state index contributed by atoms with van der Waals surface area (Å²) in [7, 11) is 0. The van der Waals surface area contributed by atoms with Gasteiger partial charge in [0.15, 0.2) is 11.0 Å². The van der Waals surface area contributed by atoms with Crippen LogP contribution in [0.4, 0.5) is 10.1 Å². The third kappa shape index (κ3) is 4.08. The number of rotatable bonds is 6. The Labute approximate surface area is 154 Å². The Morgan fingerprint density at radius 1 is 1.27 bits per heavy atom. The molecule has 134 valence electrons. The van der Waals surface area contributed by atoms with Crippen LogP contribution < -0.4 is 5.32 Å². The number of carbonyl (C=O) groups excluding carboxylic acids is 1. The van der Waals surface area contributed by atoms with Gasteiger partial charge in [-0.3, -0.25) is 9.78 Å². The van der Waals surface area contributed by atoms with Crippen LogP contribution in [0.1, 0.15) is 12.5 Å². The fourth-order valence-corrected chi connectivity index (χ4v) is 3.17. The van der Waals surface area contributed by atoms with Gasteiger partial charge in [-0.25, -0.2) is 4.39 Å². The second-order valence-corrected chi connectivity index (χ2v) is 6.51. The lowest BCUT2D eigenvalue weighted by Crippen LogP contribution is -2.15. The van der Waals surface area contributed by atoms with Crippen molar-refractivity contribution in [2.24, 2.45) is 0 Å². The third-order valence-corrected chi connectivity index (χ3v) is 4.68. The quantitative estimate of drug-likeness (QED) is 0.671. The average Bonchev–Trinajstić information content (AvgIpc) is 3.07. The van der Waals surface area contributed by atoms with E-state index >= 15 is 0 Å². The maximum Gasteiger partial charge on any atom is 0.234 e. The van der Waals surface area contributed by atoms with E-state index in [9.17, 15) is 9.18 Å². The van der Waals surface area contributed by atoms with Gasteiger partial charge in [-0.05, 0) is 43.7 Å². The number of nitrogens with zero attached hydrogens (tertiary/aromatic N) is 4. The SMILES string of the molecule is CCn1c(SCC(=O)Nc2ccc(C)c(F)c2)nnc1-c1ccccn1. The van der Waals surface area contributed by atoms with E-state index in [0.29, 0.717) is 28.8 Å². The minimum atomic E-state index is -0.346. The van der Waals surface area contributed by atoms with Crippen LogP contribution in [0.3, 0.4) is 0 Å². The smallest absolute Gasteiger partial charge is 0.234 e. The molecule has 0 spiro atoms. The summed E-state index contributed by atoms with van der Waals surface area (Å²) in [5.41, 5.74) is 1.70. The second kappa shape index (κ2) is 8.09. The first kappa shape index (κ1) is 18.1. The molecule has 1 amide bonds. The van der Waals surface area contributed by atoms with Crippen molar-refractivity contribution in [3.8, 4) is 11.5 Å². The number of hydrogen-bond donors (Lipinski definition) is 1. The summed E-state index contributed by atoms with van der Waals surface area (Å²) >= 11 is 1.28. The Hall–Kier alpha value is -2.74. The van der Waals surface area contributed by atoms with Gasteiger partial charge in [-0.15, -0.1) is 10.2 Å². The lowest BCUT2D eigenvalue weighted by molar-refractivity contribution is -0.113. The van der Waals surface area contributed by atoms with Crippen molar-refractivity contribution in [2.45, 2.75) is 25.5 Å². The number of hydrogen-bond acceptors (Lipinski definition) is 5. The fraction of sp³-hybridized carbons (Fsp3) is 0.222. The topological polar surface area (TPSA) is 72.7 Å². The molecule has 1 aromatic carbocycles. The van der Waals surface area contributed by atoms with Gasteiger partial charge in [0.1, 0.15) is 11.5 Å². The van der Waals surface area contributed by atoms with Gasteiger partial charge < -0.3 is 9.88 Å². The highest BCUT2D eigenvalue weighted by Gasteiger charge is 2.15. The van der Waals surface area contributed by atoms with Gasteiger partial charge in [-0.2, -0.15) is 0 Å². The van der Waals surface area contributed by atoms with Crippen molar-refractivity contribution < 1.29 is 9.18 Å². The normalized spacial score (nSPS) is 10.7. The molecule has 0 aliphatic carbocycles. The van der Waals surface area contributed by atoms with E-state index in [4.69, 9.17) is 0 Å². The summed E-state index contributed by atoms with van der Waals surface area (Å²) < 4.78 is 15.5. The number of nitrogens with one attached hydrogen (secondary N) is 1. The third-order valence-electron chi connectivity index (χ3n) is 3.72. The number of anilines is 1. The molecule has 0 saturated heterocycles. The molecule has 26 heavy (non-hydrogen) atoms. The number of thioether (sulfide) groups is 1. The van der Waals surface area contributed by atoms with Gasteiger partial charge in [0, 0.05) is 18.4 Å². The zero-order valence-corrected chi connectivity index (χ0v) is 15.3. The van der Waals surface area contributed by atoms with Crippen LogP contribution in [0, 0.1) is 12.7 Å². The van der Waals surface area contributed by atoms with Crippen molar-refractivity contribution in [3.05, 3.63) is 54.0 Å². The van der Waals surface area contributed by atoms with Crippen molar-refractivity contribution in [1.82, 2.24) is 19.7 Å². The summed E-state index contributed by atoms with van der Waals surface area (Å²) in [6.45, 7) is 4.31. The zero-order chi connectivity index (χ0) is 18.5. The highest BCUT2D eigenvalue weighted by molar-refractivity contribution is 7.99. The van der Waals surface area contributed by atoms with Gasteiger partial charge in [-0.1, -0.05) is 23.9 Å². The van der Waals surface area contributed by atoms with Gasteiger partial charge in [0.2, 0.25) is 5.91 Å². The van der Waals surface area contributed by atoms with Gasteiger partial charge >= 0.3 is 0 Å². The molecule has 0 saturated carbocycles. The summed E-state index contributed by atoms with van der Waals surface area (Å²) in [5, 5.41) is 11.7. The van der Waals surface area contributed by atoms with Crippen molar-refractivity contribution >= 4 is 23.4 Å². The molecule has 3 rings (SSSR count). The van der Waals surface area contributed by atoms with Gasteiger partial charge in [0.05, 0.1) is 5.75 Å². The summed E-state index contributed by atoms with van der Waals surface area (Å²) in [4.78, 5) is 16.4. The van der Waals surface area contributed by atoms with Crippen molar-refractivity contribution in [3.63, 3.8) is 0 Å². The molecule has 2 heterocycles. The number of aromatic nitrogens is 4. The predicted octanol–water partition coefficient (Wildman–Crippen LogP) is 3.54. The monoisotopic (exact) mass is 371 g/mol. The molecular formula is C18H18FN5OS. The lowest BCUT2D eigenvalue weighted by atomic mass is 10.2. The molecular weight excluding hydrogens is 353 g/mol. The number of halogens is 1. The number of carbonyl (C=O) groups is 1. The first-order valence-corrected chi connectivity index (χ1v) is 9.10. The van der Waals surface area contributed by atoms with E-state index in [2.05, 4.69) is 20.5 Å². The number of aryl methyl sites for hydroxylation is 1. The van der Waals surface area contributed by atoms with Crippen LogP contribution in [0.2, 0.25) is 0 Å². The van der Waals surface area contributed by atoms with Crippen LogP contribution in [0.5, 0.6) is 0 Å². The molecule has 0 bridgehead atoms. The summed E-state index contributed by atoms with van der Waals surface area (Å²) in [6.07, 6.45) is 1.70. The molecule has 1 N–H and O–H groups in total. The van der Waals surface area contributed by atoms with Crippen molar-refractivity contribution in [2.75, 3.05) is 11.1 Å². The number of pyridine rings is 1. The number of benzene rings is 1. The minimum Gasteiger partial charge on any atom is -0.325 e. The highest BCUT2D eigenvalue weighted by Crippen LogP contribution is 2.23. The van der Waals surface area contributed by atoms with E-state index in [1.807, 2.05) is 29.7 Å². The Morgan fingerprint density at radius 2 is 2.12 bits per heavy atom. The fourth-order valence-electron chi connectivity index (χ4n) is 2.36. The molecule has 0 aliphatic rings. The molecule has 6 nitrogen and oxygen atoms in total. The van der Waals surface area contributed by atoms with Crippen LogP contribution in [-0.2, 0) is 11.3 Å². The molecule has 0 atom stereocenters. The maximum atomic E-state index is 13.6. The average molecular weight is 371 g/mol.